The average Bonchev–Trinajstić information content (AvgIpc) is 3.16. The maximum Gasteiger partial charge on any atom is 0.411 e. The highest BCUT2D eigenvalue weighted by molar-refractivity contribution is 5.69. The number of amides is 1. The molecule has 1 aliphatic carbocycles. The average molecular weight is 377 g/mol. The van der Waals surface area contributed by atoms with Gasteiger partial charge in [0.1, 0.15) is 17.0 Å². The normalized spacial score (nSPS) is 25.3. The lowest BCUT2D eigenvalue weighted by molar-refractivity contribution is 0.00857. The summed E-state index contributed by atoms with van der Waals surface area (Å²) in [5.41, 5.74) is -0.985. The van der Waals surface area contributed by atoms with Crippen molar-refractivity contribution in [3.63, 3.8) is 0 Å². The zero-order valence-electron chi connectivity index (χ0n) is 17.5. The van der Waals surface area contributed by atoms with Crippen LogP contribution in [0.25, 0.3) is 0 Å². The largest absolute Gasteiger partial charge is 0.444 e. The third-order valence-electron chi connectivity index (χ3n) is 5.98. The number of nitrogens with one attached hydrogen (secondary N) is 1. The molecule has 2 heterocycles. The van der Waals surface area contributed by atoms with Crippen LogP contribution < -0.4 is 0 Å². The lowest BCUT2D eigenvalue weighted by Crippen LogP contribution is -2.46. The molecule has 27 heavy (non-hydrogen) atoms. The maximum atomic E-state index is 12.7. The van der Waals surface area contributed by atoms with Crippen molar-refractivity contribution < 1.29 is 9.53 Å². The smallest absolute Gasteiger partial charge is 0.411 e. The highest BCUT2D eigenvalue weighted by Crippen LogP contribution is 2.38. The minimum Gasteiger partial charge on any atom is -0.444 e. The standard InChI is InChI=1S/C21H36N4O2/c1-20(2,3)27-19(26)25-14-10-13-21(25,4)18-22-17(23-24-18)15-16-11-8-6-5-7-9-12-16/h16H,5-15H2,1-4H3,(H,22,23,24)/t21-/m0/s1. The topological polar surface area (TPSA) is 71.1 Å². The van der Waals surface area contributed by atoms with Crippen LogP contribution in [-0.2, 0) is 16.7 Å². The molecule has 2 aliphatic rings. The molecule has 0 bridgehead atoms. The van der Waals surface area contributed by atoms with Crippen molar-refractivity contribution in [2.24, 2.45) is 5.92 Å². The molecule has 1 atom stereocenters. The molecule has 1 aromatic rings. The quantitative estimate of drug-likeness (QED) is 0.810. The molecule has 0 aromatic carbocycles. The van der Waals surface area contributed by atoms with Gasteiger partial charge >= 0.3 is 6.09 Å². The number of likely N-dealkylation sites (tertiary alicyclic amines) is 1. The summed E-state index contributed by atoms with van der Waals surface area (Å²) < 4.78 is 5.61. The van der Waals surface area contributed by atoms with E-state index in [4.69, 9.17) is 9.72 Å². The van der Waals surface area contributed by atoms with E-state index >= 15 is 0 Å². The Morgan fingerprint density at radius 1 is 1.19 bits per heavy atom. The van der Waals surface area contributed by atoms with Gasteiger partial charge in [0.15, 0.2) is 5.82 Å². The van der Waals surface area contributed by atoms with Gasteiger partial charge in [-0.2, -0.15) is 5.10 Å². The van der Waals surface area contributed by atoms with E-state index in [-0.39, 0.29) is 6.09 Å². The highest BCUT2D eigenvalue weighted by Gasteiger charge is 2.45. The first-order valence-electron chi connectivity index (χ1n) is 10.7. The SMILES string of the molecule is CC(C)(C)OC(=O)N1CCC[C@@]1(C)c1n[nH]c(CC2CCCCCCC2)n1. The third-order valence-corrected chi connectivity index (χ3v) is 5.98. The molecule has 3 rings (SSSR count). The number of carbonyl (C=O) groups is 1. The molecule has 2 fully saturated rings. The van der Waals surface area contributed by atoms with Crippen LogP contribution in [0, 0.1) is 5.92 Å². The second-order valence-electron chi connectivity index (χ2n) is 9.53. The van der Waals surface area contributed by atoms with Gasteiger partial charge in [0.2, 0.25) is 0 Å². The van der Waals surface area contributed by atoms with Gasteiger partial charge in [0.25, 0.3) is 0 Å². The Kier molecular flexibility index (Phi) is 6.11. The molecule has 1 N–H and O–H groups in total. The molecular formula is C21H36N4O2. The summed E-state index contributed by atoms with van der Waals surface area (Å²) in [6.45, 7) is 8.46. The molecule has 1 aromatic heterocycles. The Balaban J connectivity index is 1.69. The van der Waals surface area contributed by atoms with E-state index in [1.54, 1.807) is 4.90 Å². The first-order valence-corrected chi connectivity index (χ1v) is 10.7. The number of aromatic nitrogens is 3. The first-order chi connectivity index (χ1) is 12.8. The second kappa shape index (κ2) is 8.19. The molecule has 6 heteroatoms. The maximum absolute atomic E-state index is 12.7. The van der Waals surface area contributed by atoms with E-state index in [1.807, 2.05) is 20.8 Å². The van der Waals surface area contributed by atoms with Gasteiger partial charge in [-0.25, -0.2) is 9.78 Å². The first kappa shape index (κ1) is 20.2. The van der Waals surface area contributed by atoms with E-state index in [2.05, 4.69) is 17.1 Å². The number of ether oxygens (including phenoxy) is 1. The second-order valence-corrected chi connectivity index (χ2v) is 9.53. The number of hydrogen-bond acceptors (Lipinski definition) is 4. The molecule has 0 radical (unpaired) electrons. The number of hydrogen-bond donors (Lipinski definition) is 1. The summed E-state index contributed by atoms with van der Waals surface area (Å²) in [4.78, 5) is 19.3. The predicted octanol–water partition coefficient (Wildman–Crippen LogP) is 4.95. The van der Waals surface area contributed by atoms with Crippen molar-refractivity contribution in [1.29, 1.82) is 0 Å². The summed E-state index contributed by atoms with van der Waals surface area (Å²) >= 11 is 0. The molecular weight excluding hydrogens is 340 g/mol. The minimum atomic E-state index is -0.497. The van der Waals surface area contributed by atoms with Gasteiger partial charge in [-0.1, -0.05) is 44.9 Å². The van der Waals surface area contributed by atoms with Crippen LogP contribution in [0.5, 0.6) is 0 Å². The fourth-order valence-electron chi connectivity index (χ4n) is 4.45. The Morgan fingerprint density at radius 3 is 2.52 bits per heavy atom. The third kappa shape index (κ3) is 5.02. The molecule has 1 amide bonds. The minimum absolute atomic E-state index is 0.270. The summed E-state index contributed by atoms with van der Waals surface area (Å²) in [5.74, 6) is 2.39. The fraction of sp³-hybridized carbons (Fsp3) is 0.857. The Labute approximate surface area is 163 Å². The number of nitrogens with zero attached hydrogens (tertiary/aromatic N) is 3. The zero-order chi connectivity index (χ0) is 19.5. The number of rotatable bonds is 3. The van der Waals surface area contributed by atoms with Crippen LogP contribution in [-0.4, -0.2) is 38.3 Å². The summed E-state index contributed by atoms with van der Waals surface area (Å²) in [7, 11) is 0. The van der Waals surface area contributed by atoms with Crippen molar-refractivity contribution in [1.82, 2.24) is 20.1 Å². The van der Waals surface area contributed by atoms with Gasteiger partial charge in [-0.3, -0.25) is 10.00 Å². The summed E-state index contributed by atoms with van der Waals surface area (Å²) in [6, 6.07) is 0. The lowest BCUT2D eigenvalue weighted by atomic mass is 9.89. The van der Waals surface area contributed by atoms with Crippen molar-refractivity contribution >= 4 is 6.09 Å². The van der Waals surface area contributed by atoms with Crippen LogP contribution in [0.15, 0.2) is 0 Å². The van der Waals surface area contributed by atoms with Crippen LogP contribution in [0.3, 0.4) is 0 Å². The van der Waals surface area contributed by atoms with Gasteiger partial charge < -0.3 is 4.74 Å². The predicted molar refractivity (Wildman–Crippen MR) is 105 cm³/mol. The van der Waals surface area contributed by atoms with Gasteiger partial charge in [-0.05, 0) is 46.5 Å². The van der Waals surface area contributed by atoms with Crippen molar-refractivity contribution in [3.8, 4) is 0 Å². The zero-order valence-corrected chi connectivity index (χ0v) is 17.5. The Bertz CT molecular complexity index is 628. The van der Waals surface area contributed by atoms with Crippen LogP contribution in [0.4, 0.5) is 4.79 Å². The summed E-state index contributed by atoms with van der Waals surface area (Å²) in [6.07, 6.45) is 11.9. The van der Waals surface area contributed by atoms with Crippen LogP contribution >= 0.6 is 0 Å². The van der Waals surface area contributed by atoms with Gasteiger partial charge in [-0.15, -0.1) is 0 Å². The van der Waals surface area contributed by atoms with Gasteiger partial charge in [0, 0.05) is 13.0 Å². The molecule has 152 valence electrons. The van der Waals surface area contributed by atoms with E-state index in [0.29, 0.717) is 12.5 Å². The fourth-order valence-corrected chi connectivity index (χ4v) is 4.45. The van der Waals surface area contributed by atoms with E-state index < -0.39 is 11.1 Å². The van der Waals surface area contributed by atoms with E-state index in [9.17, 15) is 4.79 Å². The molecule has 1 aliphatic heterocycles. The highest BCUT2D eigenvalue weighted by atomic mass is 16.6. The van der Waals surface area contributed by atoms with Crippen LogP contribution in [0.2, 0.25) is 0 Å². The Morgan fingerprint density at radius 2 is 1.85 bits per heavy atom. The van der Waals surface area contributed by atoms with E-state index in [1.165, 1.54) is 44.9 Å². The molecule has 0 unspecified atom stereocenters. The number of H-pyrrole nitrogens is 1. The number of aromatic amines is 1. The molecule has 1 saturated heterocycles. The van der Waals surface area contributed by atoms with Crippen LogP contribution in [0.1, 0.15) is 97.1 Å². The molecule has 1 saturated carbocycles. The lowest BCUT2D eigenvalue weighted by Gasteiger charge is -2.34. The number of carbonyl (C=O) groups excluding carboxylic acids is 1. The molecule has 0 spiro atoms. The Hall–Kier alpha value is -1.59. The van der Waals surface area contributed by atoms with Crippen molar-refractivity contribution in [2.45, 2.75) is 103 Å². The van der Waals surface area contributed by atoms with Gasteiger partial charge in [0.05, 0.1) is 0 Å². The summed E-state index contributed by atoms with van der Waals surface area (Å²) in [5, 5.41) is 7.68. The van der Waals surface area contributed by atoms with Crippen molar-refractivity contribution in [3.05, 3.63) is 11.6 Å². The monoisotopic (exact) mass is 376 g/mol. The van der Waals surface area contributed by atoms with Crippen molar-refractivity contribution in [2.75, 3.05) is 6.54 Å². The molecule has 6 nitrogen and oxygen atoms in total. The van der Waals surface area contributed by atoms with E-state index in [0.717, 1.165) is 30.9 Å².